The van der Waals surface area contributed by atoms with E-state index in [1.165, 1.54) is 0 Å². The number of nitrogens with one attached hydrogen (secondary N) is 1. The lowest BCUT2D eigenvalue weighted by Gasteiger charge is -2.02. The summed E-state index contributed by atoms with van der Waals surface area (Å²) in [5.41, 5.74) is 0. The van der Waals surface area contributed by atoms with E-state index in [-0.39, 0.29) is 6.04 Å². The molecule has 1 aliphatic heterocycles. The normalized spacial score (nSPS) is 54.2. The summed E-state index contributed by atoms with van der Waals surface area (Å²) < 4.78 is 0. The molecule has 0 bridgehead atoms. The Labute approximate surface area is 54.9 Å². The topological polar surface area (TPSA) is 35.8 Å². The molecule has 0 spiro atoms. The highest BCUT2D eigenvalue weighted by Gasteiger charge is 2.55. The molecule has 0 amide bonds. The smallest absolute Gasteiger partial charge is 0.0987 e. The lowest BCUT2D eigenvalue weighted by Crippen LogP contribution is -2.25. The van der Waals surface area contributed by atoms with Crippen molar-refractivity contribution in [1.29, 1.82) is 5.26 Å². The van der Waals surface area contributed by atoms with Crippen LogP contribution in [0.25, 0.3) is 0 Å². The van der Waals surface area contributed by atoms with E-state index in [4.69, 9.17) is 5.26 Å². The van der Waals surface area contributed by atoms with Crippen molar-refractivity contribution in [2.75, 3.05) is 6.54 Å². The zero-order valence-corrected chi connectivity index (χ0v) is 5.46. The van der Waals surface area contributed by atoms with Crippen LogP contribution in [0.4, 0.5) is 0 Å². The third-order valence-electron chi connectivity index (χ3n) is 2.73. The minimum absolute atomic E-state index is 0.171. The first-order valence-corrected chi connectivity index (χ1v) is 3.47. The van der Waals surface area contributed by atoms with Gasteiger partial charge in [0.25, 0.3) is 0 Å². The monoisotopic (exact) mass is 122 g/mol. The molecule has 0 aromatic carbocycles. The Kier molecular flexibility index (Phi) is 0.866. The summed E-state index contributed by atoms with van der Waals surface area (Å²) in [6.07, 6.45) is 0. The highest BCUT2D eigenvalue weighted by molar-refractivity contribution is 5.14. The Morgan fingerprint density at radius 3 is 2.78 bits per heavy atom. The van der Waals surface area contributed by atoms with Crippen LogP contribution in [0, 0.1) is 29.1 Å². The van der Waals surface area contributed by atoms with Gasteiger partial charge in [0.2, 0.25) is 0 Å². The largest absolute Gasteiger partial charge is 0.301 e. The Bertz CT molecular complexity index is 170. The highest BCUT2D eigenvalue weighted by Crippen LogP contribution is 2.51. The van der Waals surface area contributed by atoms with E-state index in [1.807, 2.05) is 0 Å². The lowest BCUT2D eigenvalue weighted by molar-refractivity contribution is 0.570. The third-order valence-corrected chi connectivity index (χ3v) is 2.73. The van der Waals surface area contributed by atoms with Gasteiger partial charge < -0.3 is 5.32 Å². The minimum Gasteiger partial charge on any atom is -0.301 e. The average Bonchev–Trinajstić information content (AvgIpc) is 2.41. The predicted octanol–water partition coefficient (Wildman–Crippen LogP) is 0.364. The van der Waals surface area contributed by atoms with Crippen molar-refractivity contribution < 1.29 is 0 Å². The van der Waals surface area contributed by atoms with Crippen molar-refractivity contribution in [2.45, 2.75) is 13.0 Å². The summed E-state index contributed by atoms with van der Waals surface area (Å²) in [7, 11) is 0. The van der Waals surface area contributed by atoms with E-state index in [2.05, 4.69) is 18.3 Å². The molecule has 2 heteroatoms. The maximum atomic E-state index is 8.57. The molecule has 48 valence electrons. The van der Waals surface area contributed by atoms with Crippen molar-refractivity contribution in [3.63, 3.8) is 0 Å². The van der Waals surface area contributed by atoms with E-state index in [0.717, 1.165) is 18.4 Å². The molecule has 9 heavy (non-hydrogen) atoms. The van der Waals surface area contributed by atoms with Crippen LogP contribution in [0.15, 0.2) is 0 Å². The number of nitrogens with zero attached hydrogens (tertiary/aromatic N) is 1. The number of fused-ring (bicyclic) bond motifs is 1. The van der Waals surface area contributed by atoms with Crippen LogP contribution >= 0.6 is 0 Å². The highest BCUT2D eigenvalue weighted by atomic mass is 15.0. The van der Waals surface area contributed by atoms with Gasteiger partial charge in [-0.3, -0.25) is 0 Å². The molecular formula is C7H10N2. The SMILES string of the molecule is CC1[C@H]2[C@@H]1CN[C@@H]2C#N. The minimum atomic E-state index is 0.171. The molecule has 4 atom stereocenters. The number of rotatable bonds is 0. The average molecular weight is 122 g/mol. The first-order valence-electron chi connectivity index (χ1n) is 3.47. The molecule has 0 aromatic heterocycles. The maximum Gasteiger partial charge on any atom is 0.0987 e. The van der Waals surface area contributed by atoms with Crippen LogP contribution < -0.4 is 5.32 Å². The van der Waals surface area contributed by atoms with E-state index < -0.39 is 0 Å². The molecule has 2 fully saturated rings. The molecule has 2 aliphatic rings. The zero-order valence-electron chi connectivity index (χ0n) is 5.46. The van der Waals surface area contributed by atoms with Gasteiger partial charge in [-0.05, 0) is 24.3 Å². The molecule has 0 radical (unpaired) electrons. The van der Waals surface area contributed by atoms with Crippen LogP contribution in [0.3, 0.4) is 0 Å². The van der Waals surface area contributed by atoms with E-state index >= 15 is 0 Å². The molecule has 1 N–H and O–H groups in total. The van der Waals surface area contributed by atoms with E-state index in [1.54, 1.807) is 0 Å². The molecule has 0 aromatic rings. The van der Waals surface area contributed by atoms with Crippen LogP contribution in [0.2, 0.25) is 0 Å². The fourth-order valence-electron chi connectivity index (χ4n) is 1.98. The summed E-state index contributed by atoms with van der Waals surface area (Å²) in [4.78, 5) is 0. The lowest BCUT2D eigenvalue weighted by atomic mass is 10.2. The van der Waals surface area contributed by atoms with Gasteiger partial charge in [-0.2, -0.15) is 5.26 Å². The quantitative estimate of drug-likeness (QED) is 0.503. The summed E-state index contributed by atoms with van der Waals surface area (Å²) >= 11 is 0. The van der Waals surface area contributed by atoms with Crippen molar-refractivity contribution in [3.8, 4) is 6.07 Å². The van der Waals surface area contributed by atoms with Gasteiger partial charge >= 0.3 is 0 Å². The van der Waals surface area contributed by atoms with Crippen molar-refractivity contribution in [2.24, 2.45) is 17.8 Å². The number of nitriles is 1. The van der Waals surface area contributed by atoms with E-state index in [9.17, 15) is 0 Å². The Morgan fingerprint density at radius 2 is 2.44 bits per heavy atom. The Hall–Kier alpha value is -0.550. The van der Waals surface area contributed by atoms with Gasteiger partial charge in [0.1, 0.15) is 0 Å². The van der Waals surface area contributed by atoms with Crippen molar-refractivity contribution in [3.05, 3.63) is 0 Å². The molecular weight excluding hydrogens is 112 g/mol. The zero-order chi connectivity index (χ0) is 6.43. The van der Waals surface area contributed by atoms with Crippen LogP contribution in [0.1, 0.15) is 6.92 Å². The molecule has 2 rings (SSSR count). The predicted molar refractivity (Wildman–Crippen MR) is 33.5 cm³/mol. The Balaban J connectivity index is 2.09. The second kappa shape index (κ2) is 1.48. The summed E-state index contributed by atoms with van der Waals surface area (Å²) in [5.74, 6) is 2.33. The van der Waals surface area contributed by atoms with Crippen LogP contribution in [-0.4, -0.2) is 12.6 Å². The van der Waals surface area contributed by atoms with Gasteiger partial charge in [0, 0.05) is 0 Å². The van der Waals surface area contributed by atoms with Crippen molar-refractivity contribution >= 4 is 0 Å². The molecule has 1 unspecified atom stereocenters. The molecule has 1 saturated carbocycles. The number of hydrogen-bond acceptors (Lipinski definition) is 2. The molecule has 1 heterocycles. The van der Waals surface area contributed by atoms with Crippen LogP contribution in [-0.2, 0) is 0 Å². The second-order valence-corrected chi connectivity index (χ2v) is 3.12. The second-order valence-electron chi connectivity index (χ2n) is 3.12. The van der Waals surface area contributed by atoms with Gasteiger partial charge in [0.05, 0.1) is 12.1 Å². The first-order chi connectivity index (χ1) is 4.34. The van der Waals surface area contributed by atoms with Crippen LogP contribution in [0.5, 0.6) is 0 Å². The van der Waals surface area contributed by atoms with E-state index in [0.29, 0.717) is 5.92 Å². The number of piperidine rings is 1. The summed E-state index contributed by atoms with van der Waals surface area (Å²) in [5, 5.41) is 11.7. The van der Waals surface area contributed by atoms with Gasteiger partial charge in [-0.1, -0.05) is 6.92 Å². The van der Waals surface area contributed by atoms with Crippen molar-refractivity contribution in [1.82, 2.24) is 5.32 Å². The Morgan fingerprint density at radius 1 is 1.67 bits per heavy atom. The molecule has 1 saturated heterocycles. The standard InChI is InChI=1S/C7H10N2/c1-4-5-3-9-6(2-8)7(4)5/h4-7,9H,3H2,1H3/t4?,5-,6-,7+/m1/s1. The number of hydrogen-bond donors (Lipinski definition) is 1. The summed E-state index contributed by atoms with van der Waals surface area (Å²) in [6, 6.07) is 2.45. The fraction of sp³-hybridized carbons (Fsp3) is 0.857. The fourth-order valence-corrected chi connectivity index (χ4v) is 1.98. The molecule has 2 nitrogen and oxygen atoms in total. The maximum absolute atomic E-state index is 8.57. The third kappa shape index (κ3) is 0.529. The van der Waals surface area contributed by atoms with Gasteiger partial charge in [-0.25, -0.2) is 0 Å². The van der Waals surface area contributed by atoms with Gasteiger partial charge in [0.15, 0.2) is 0 Å². The first kappa shape index (κ1) is 5.25. The summed E-state index contributed by atoms with van der Waals surface area (Å²) in [6.45, 7) is 3.31. The van der Waals surface area contributed by atoms with Gasteiger partial charge in [-0.15, -0.1) is 0 Å². The molecule has 1 aliphatic carbocycles.